The molecule has 0 bridgehead atoms. The second-order valence-corrected chi connectivity index (χ2v) is 6.93. The molecule has 130 valence electrons. The molecule has 3 heterocycles. The lowest BCUT2D eigenvalue weighted by Crippen LogP contribution is -2.47. The van der Waals surface area contributed by atoms with Crippen LogP contribution in [0.5, 0.6) is 0 Å². The molecule has 0 unspecified atom stereocenters. The number of pyridine rings is 1. The maximum Gasteiger partial charge on any atom is 0.253 e. The highest BCUT2D eigenvalue weighted by Crippen LogP contribution is 2.26. The smallest absolute Gasteiger partial charge is 0.253 e. The first-order valence-corrected chi connectivity index (χ1v) is 9.02. The SMILES string of the molecule is CN1CCN(C(=O)c2ccc(-c3cnc4c(c3)CCCN4)cc2)CC1. The monoisotopic (exact) mass is 336 g/mol. The number of aromatic nitrogens is 1. The molecule has 2 aromatic rings. The Morgan fingerprint density at radius 2 is 1.84 bits per heavy atom. The maximum atomic E-state index is 12.6. The van der Waals surface area contributed by atoms with E-state index < -0.39 is 0 Å². The molecule has 0 radical (unpaired) electrons. The first kappa shape index (κ1) is 16.1. The summed E-state index contributed by atoms with van der Waals surface area (Å²) in [6.45, 7) is 4.50. The van der Waals surface area contributed by atoms with Crippen molar-refractivity contribution in [1.29, 1.82) is 0 Å². The molecular formula is C20H24N4O. The van der Waals surface area contributed by atoms with Gasteiger partial charge in [-0.3, -0.25) is 4.79 Å². The van der Waals surface area contributed by atoms with Crippen molar-refractivity contribution >= 4 is 11.7 Å². The number of fused-ring (bicyclic) bond motifs is 1. The number of carbonyl (C=O) groups is 1. The highest BCUT2D eigenvalue weighted by atomic mass is 16.2. The van der Waals surface area contributed by atoms with Gasteiger partial charge in [-0.05, 0) is 49.2 Å². The maximum absolute atomic E-state index is 12.6. The molecule has 0 atom stereocenters. The Balaban J connectivity index is 1.51. The molecule has 1 N–H and O–H groups in total. The minimum atomic E-state index is 0.132. The molecule has 1 aromatic heterocycles. The second-order valence-electron chi connectivity index (χ2n) is 6.93. The number of aryl methyl sites for hydroxylation is 1. The molecule has 2 aliphatic rings. The lowest BCUT2D eigenvalue weighted by atomic mass is 10.0. The molecule has 5 nitrogen and oxygen atoms in total. The third kappa shape index (κ3) is 3.37. The predicted octanol–water partition coefficient (Wildman–Crippen LogP) is 2.49. The topological polar surface area (TPSA) is 48.5 Å². The highest BCUT2D eigenvalue weighted by Gasteiger charge is 2.20. The third-order valence-electron chi connectivity index (χ3n) is 5.14. The highest BCUT2D eigenvalue weighted by molar-refractivity contribution is 5.94. The summed E-state index contributed by atoms with van der Waals surface area (Å²) in [6.07, 6.45) is 4.13. The lowest BCUT2D eigenvalue weighted by molar-refractivity contribution is 0.0664. The minimum Gasteiger partial charge on any atom is -0.370 e. The van der Waals surface area contributed by atoms with Crippen molar-refractivity contribution in [3.05, 3.63) is 47.7 Å². The van der Waals surface area contributed by atoms with Gasteiger partial charge in [-0.2, -0.15) is 0 Å². The van der Waals surface area contributed by atoms with E-state index in [2.05, 4.69) is 28.3 Å². The number of carbonyl (C=O) groups excluding carboxylic acids is 1. The summed E-state index contributed by atoms with van der Waals surface area (Å²) in [4.78, 5) is 21.4. The van der Waals surface area contributed by atoms with E-state index in [0.717, 1.165) is 68.1 Å². The van der Waals surface area contributed by atoms with Gasteiger partial charge in [0.2, 0.25) is 0 Å². The molecule has 1 amide bonds. The van der Waals surface area contributed by atoms with Crippen molar-refractivity contribution in [2.45, 2.75) is 12.8 Å². The Labute approximate surface area is 148 Å². The molecule has 1 fully saturated rings. The summed E-state index contributed by atoms with van der Waals surface area (Å²) in [5, 5.41) is 3.34. The zero-order valence-electron chi connectivity index (χ0n) is 14.7. The molecule has 5 heteroatoms. The zero-order chi connectivity index (χ0) is 17.2. The van der Waals surface area contributed by atoms with Gasteiger partial charge in [0, 0.05) is 50.0 Å². The number of nitrogens with one attached hydrogen (secondary N) is 1. The van der Waals surface area contributed by atoms with Crippen LogP contribution in [-0.4, -0.2) is 60.5 Å². The predicted molar refractivity (Wildman–Crippen MR) is 99.9 cm³/mol. The first-order chi connectivity index (χ1) is 12.2. The molecule has 25 heavy (non-hydrogen) atoms. The van der Waals surface area contributed by atoms with E-state index in [0.29, 0.717) is 0 Å². The van der Waals surface area contributed by atoms with E-state index in [1.54, 1.807) is 0 Å². The normalized spacial score (nSPS) is 17.7. The van der Waals surface area contributed by atoms with Crippen molar-refractivity contribution < 1.29 is 4.79 Å². The number of likely N-dealkylation sites (N-methyl/N-ethyl adjacent to an activating group) is 1. The first-order valence-electron chi connectivity index (χ1n) is 9.02. The Hall–Kier alpha value is -2.40. The van der Waals surface area contributed by atoms with Crippen LogP contribution in [0.4, 0.5) is 5.82 Å². The van der Waals surface area contributed by atoms with E-state index in [9.17, 15) is 4.79 Å². The van der Waals surface area contributed by atoms with Crippen LogP contribution in [0.3, 0.4) is 0 Å². The Morgan fingerprint density at radius 3 is 2.60 bits per heavy atom. The number of anilines is 1. The Bertz CT molecular complexity index is 764. The lowest BCUT2D eigenvalue weighted by Gasteiger charge is -2.32. The summed E-state index contributed by atoms with van der Waals surface area (Å²) in [7, 11) is 2.10. The van der Waals surface area contributed by atoms with Crippen molar-refractivity contribution in [1.82, 2.24) is 14.8 Å². The van der Waals surface area contributed by atoms with Crippen LogP contribution in [0.2, 0.25) is 0 Å². The van der Waals surface area contributed by atoms with Crippen molar-refractivity contribution in [2.24, 2.45) is 0 Å². The molecule has 4 rings (SSSR count). The van der Waals surface area contributed by atoms with E-state index in [-0.39, 0.29) is 5.91 Å². The molecular weight excluding hydrogens is 312 g/mol. The fourth-order valence-corrected chi connectivity index (χ4v) is 3.50. The minimum absolute atomic E-state index is 0.132. The standard InChI is InChI=1S/C20H24N4O/c1-23-9-11-24(12-10-23)20(25)16-6-4-15(5-7-16)18-13-17-3-2-8-21-19(17)22-14-18/h4-7,13-14H,2-3,8-12H2,1H3,(H,21,22). The van der Waals surface area contributed by atoms with Crippen molar-refractivity contribution in [3.63, 3.8) is 0 Å². The van der Waals surface area contributed by atoms with Gasteiger partial charge in [0.15, 0.2) is 0 Å². The Kier molecular flexibility index (Phi) is 4.40. The largest absolute Gasteiger partial charge is 0.370 e. The van der Waals surface area contributed by atoms with Crippen molar-refractivity contribution in [3.8, 4) is 11.1 Å². The van der Waals surface area contributed by atoms with E-state index in [1.807, 2.05) is 35.4 Å². The number of benzene rings is 1. The number of nitrogens with zero attached hydrogens (tertiary/aromatic N) is 3. The number of hydrogen-bond donors (Lipinski definition) is 1. The van der Waals surface area contributed by atoms with Crippen LogP contribution in [0.1, 0.15) is 22.3 Å². The van der Waals surface area contributed by atoms with E-state index in [4.69, 9.17) is 0 Å². The molecule has 0 aliphatic carbocycles. The van der Waals surface area contributed by atoms with Gasteiger partial charge in [0.1, 0.15) is 5.82 Å². The molecule has 1 saturated heterocycles. The van der Waals surface area contributed by atoms with Crippen LogP contribution in [0, 0.1) is 0 Å². The quantitative estimate of drug-likeness (QED) is 0.915. The number of hydrogen-bond acceptors (Lipinski definition) is 4. The van der Waals surface area contributed by atoms with Gasteiger partial charge in [-0.15, -0.1) is 0 Å². The number of rotatable bonds is 2. The van der Waals surface area contributed by atoms with Crippen LogP contribution >= 0.6 is 0 Å². The second kappa shape index (κ2) is 6.84. The average Bonchev–Trinajstić information content (AvgIpc) is 2.68. The van der Waals surface area contributed by atoms with Crippen LogP contribution in [0.15, 0.2) is 36.5 Å². The zero-order valence-corrected chi connectivity index (χ0v) is 14.7. The Morgan fingerprint density at radius 1 is 1.08 bits per heavy atom. The summed E-state index contributed by atoms with van der Waals surface area (Å²) >= 11 is 0. The summed E-state index contributed by atoms with van der Waals surface area (Å²) in [6, 6.07) is 10.2. The van der Waals surface area contributed by atoms with Gasteiger partial charge < -0.3 is 15.1 Å². The summed E-state index contributed by atoms with van der Waals surface area (Å²) < 4.78 is 0. The van der Waals surface area contributed by atoms with Gasteiger partial charge >= 0.3 is 0 Å². The average molecular weight is 336 g/mol. The fraction of sp³-hybridized carbons (Fsp3) is 0.400. The summed E-state index contributed by atoms with van der Waals surface area (Å²) in [5.74, 6) is 1.14. The number of amides is 1. The molecule has 2 aliphatic heterocycles. The third-order valence-corrected chi connectivity index (χ3v) is 5.14. The molecule has 0 saturated carbocycles. The van der Waals surface area contributed by atoms with Gasteiger partial charge in [-0.1, -0.05) is 12.1 Å². The molecule has 1 aromatic carbocycles. The van der Waals surface area contributed by atoms with Gasteiger partial charge in [0.05, 0.1) is 0 Å². The van der Waals surface area contributed by atoms with Crippen molar-refractivity contribution in [2.75, 3.05) is 45.1 Å². The van der Waals surface area contributed by atoms with Crippen LogP contribution in [0.25, 0.3) is 11.1 Å². The van der Waals surface area contributed by atoms with Gasteiger partial charge in [0.25, 0.3) is 5.91 Å². The van der Waals surface area contributed by atoms with E-state index in [1.165, 1.54) is 5.56 Å². The van der Waals surface area contributed by atoms with E-state index >= 15 is 0 Å². The van der Waals surface area contributed by atoms with Gasteiger partial charge in [-0.25, -0.2) is 4.98 Å². The molecule has 0 spiro atoms. The van der Waals surface area contributed by atoms with Crippen LogP contribution < -0.4 is 5.32 Å². The number of piperazine rings is 1. The fourth-order valence-electron chi connectivity index (χ4n) is 3.50. The summed E-state index contributed by atoms with van der Waals surface area (Å²) in [5.41, 5.74) is 4.26. The van der Waals surface area contributed by atoms with Crippen LogP contribution in [-0.2, 0) is 6.42 Å².